The zero-order valence-corrected chi connectivity index (χ0v) is 24.8. The van der Waals surface area contributed by atoms with E-state index in [1.807, 2.05) is 60.7 Å². The summed E-state index contributed by atoms with van der Waals surface area (Å²) in [6.07, 6.45) is 12.1. The summed E-state index contributed by atoms with van der Waals surface area (Å²) in [5.74, 6) is -0.449. The van der Waals surface area contributed by atoms with Gasteiger partial charge in [-0.1, -0.05) is 112 Å². The van der Waals surface area contributed by atoms with Gasteiger partial charge in [0.25, 0.3) is 0 Å². The minimum atomic E-state index is -0.616. The number of guanidine groups is 2. The van der Waals surface area contributed by atoms with Gasteiger partial charge < -0.3 is 33.6 Å². The summed E-state index contributed by atoms with van der Waals surface area (Å²) in [6.45, 7) is 1.25. The zero-order valence-electron chi connectivity index (χ0n) is 24.8. The second-order valence-corrected chi connectivity index (χ2v) is 10.6. The average Bonchev–Trinajstić information content (AvgIpc) is 2.97. The van der Waals surface area contributed by atoms with Crippen molar-refractivity contribution in [2.24, 2.45) is 32.9 Å². The molecule has 10 N–H and O–H groups in total. The minimum Gasteiger partial charge on any atom is -0.370 e. The van der Waals surface area contributed by atoms with Crippen molar-refractivity contribution in [2.45, 2.75) is 89.1 Å². The third-order valence-corrected chi connectivity index (χ3v) is 6.96. The summed E-state index contributed by atoms with van der Waals surface area (Å²) >= 11 is 0. The van der Waals surface area contributed by atoms with Crippen LogP contribution in [0.4, 0.5) is 0 Å². The fourth-order valence-electron chi connectivity index (χ4n) is 4.75. The third-order valence-electron chi connectivity index (χ3n) is 6.96. The van der Waals surface area contributed by atoms with E-state index in [2.05, 4.69) is 20.6 Å². The highest BCUT2D eigenvalue weighted by Gasteiger charge is 2.19. The first-order chi connectivity index (χ1) is 20.3. The molecule has 0 aliphatic heterocycles. The third kappa shape index (κ3) is 15.6. The molecule has 10 heteroatoms. The van der Waals surface area contributed by atoms with Crippen LogP contribution in [0, 0.1) is 0 Å². The molecule has 2 amide bonds. The molecular weight excluding hydrogens is 528 g/mol. The molecule has 0 aliphatic rings. The van der Waals surface area contributed by atoms with E-state index in [9.17, 15) is 9.59 Å². The molecule has 2 aromatic rings. The number of nitrogens with zero attached hydrogens (tertiary/aromatic N) is 2. The number of rotatable bonds is 21. The van der Waals surface area contributed by atoms with Crippen LogP contribution in [0.25, 0.3) is 0 Å². The van der Waals surface area contributed by atoms with Crippen LogP contribution < -0.4 is 33.6 Å². The molecule has 2 aromatic carbocycles. The Labute approximate surface area is 250 Å². The summed E-state index contributed by atoms with van der Waals surface area (Å²) < 4.78 is 0. The van der Waals surface area contributed by atoms with Gasteiger partial charge in [0.2, 0.25) is 11.8 Å². The smallest absolute Gasteiger partial charge is 0.245 e. The number of aliphatic imine (C=N–C) groups is 2. The van der Waals surface area contributed by atoms with Crippen molar-refractivity contribution in [3.8, 4) is 0 Å². The van der Waals surface area contributed by atoms with Crippen LogP contribution in [0.3, 0.4) is 0 Å². The highest BCUT2D eigenvalue weighted by atomic mass is 16.2. The highest BCUT2D eigenvalue weighted by Crippen LogP contribution is 2.11. The second-order valence-electron chi connectivity index (χ2n) is 10.6. The first-order valence-corrected chi connectivity index (χ1v) is 15.2. The van der Waals surface area contributed by atoms with Crippen LogP contribution in [-0.2, 0) is 22.4 Å². The second kappa shape index (κ2) is 20.7. The molecule has 0 heterocycles. The van der Waals surface area contributed by atoms with Crippen molar-refractivity contribution >= 4 is 23.7 Å². The molecule has 0 fully saturated rings. The van der Waals surface area contributed by atoms with E-state index in [1.165, 1.54) is 25.7 Å². The first-order valence-electron chi connectivity index (χ1n) is 15.2. The number of benzene rings is 2. The zero-order chi connectivity index (χ0) is 30.4. The maximum Gasteiger partial charge on any atom is 0.245 e. The van der Waals surface area contributed by atoms with Gasteiger partial charge in [-0.25, -0.2) is 9.98 Å². The molecule has 0 unspecified atom stereocenters. The van der Waals surface area contributed by atoms with E-state index in [-0.39, 0.29) is 23.7 Å². The van der Waals surface area contributed by atoms with Crippen molar-refractivity contribution < 1.29 is 9.59 Å². The Balaban J connectivity index is 1.47. The lowest BCUT2D eigenvalue weighted by Crippen LogP contribution is -2.38. The fraction of sp³-hybridized carbons (Fsp3) is 0.500. The van der Waals surface area contributed by atoms with Gasteiger partial charge >= 0.3 is 0 Å². The lowest BCUT2D eigenvalue weighted by molar-refractivity contribution is -0.123. The van der Waals surface area contributed by atoms with Crippen molar-refractivity contribution in [1.29, 1.82) is 0 Å². The van der Waals surface area contributed by atoms with E-state index in [0.717, 1.165) is 49.7 Å². The molecule has 0 aliphatic carbocycles. The Morgan fingerprint density at radius 1 is 0.524 bits per heavy atom. The quantitative estimate of drug-likeness (QED) is 0.0750. The topological polar surface area (TPSA) is 187 Å². The van der Waals surface area contributed by atoms with Crippen molar-refractivity contribution in [3.05, 3.63) is 71.8 Å². The first kappa shape index (κ1) is 34.1. The number of nitrogens with two attached hydrogens (primary N) is 4. The molecule has 2 atom stereocenters. The van der Waals surface area contributed by atoms with Crippen LogP contribution in [-0.4, -0.2) is 48.9 Å². The molecule has 0 bridgehead atoms. The molecule has 0 radical (unpaired) electrons. The molecule has 10 nitrogen and oxygen atoms in total. The van der Waals surface area contributed by atoms with Gasteiger partial charge in [0.1, 0.15) is 12.1 Å². The van der Waals surface area contributed by atoms with E-state index in [1.54, 1.807) is 0 Å². The van der Waals surface area contributed by atoms with Gasteiger partial charge in [-0.15, -0.1) is 0 Å². The summed E-state index contributed by atoms with van der Waals surface area (Å²) in [5.41, 5.74) is 24.2. The highest BCUT2D eigenvalue weighted by molar-refractivity contribution is 5.87. The Kier molecular flexibility index (Phi) is 16.9. The van der Waals surface area contributed by atoms with Gasteiger partial charge in [0.05, 0.1) is 0 Å². The Morgan fingerprint density at radius 3 is 1.14 bits per heavy atom. The number of hydrogen-bond acceptors (Lipinski definition) is 4. The van der Waals surface area contributed by atoms with Crippen LogP contribution in [0.5, 0.6) is 0 Å². The molecule has 0 saturated heterocycles. The maximum atomic E-state index is 12.6. The van der Waals surface area contributed by atoms with Gasteiger partial charge in [0.15, 0.2) is 11.9 Å². The predicted octanol–water partition coefficient (Wildman–Crippen LogP) is 2.89. The normalized spacial score (nSPS) is 12.1. The average molecular weight is 579 g/mol. The van der Waals surface area contributed by atoms with Crippen molar-refractivity contribution in [2.75, 3.05) is 13.1 Å². The summed E-state index contributed by atoms with van der Waals surface area (Å²) in [4.78, 5) is 33.4. The van der Waals surface area contributed by atoms with Crippen LogP contribution >= 0.6 is 0 Å². The summed E-state index contributed by atoms with van der Waals surface area (Å²) in [6, 6.07) is 18.2. The van der Waals surface area contributed by atoms with Crippen molar-refractivity contribution in [3.63, 3.8) is 0 Å². The predicted molar refractivity (Wildman–Crippen MR) is 172 cm³/mol. The van der Waals surface area contributed by atoms with Gasteiger partial charge in [-0.2, -0.15) is 0 Å². The number of amides is 2. The van der Waals surface area contributed by atoms with E-state index >= 15 is 0 Å². The molecule has 0 saturated carbocycles. The van der Waals surface area contributed by atoms with Gasteiger partial charge in [-0.05, 0) is 24.0 Å². The van der Waals surface area contributed by atoms with Crippen LogP contribution in [0.15, 0.2) is 70.6 Å². The SMILES string of the molecule is NC(N)=N[C@@H](Cc1ccccc1)C(=O)NCCCCCCCCCCCCNC(=O)[C@H](Cc1ccccc1)N=C(N)N. The molecule has 230 valence electrons. The lowest BCUT2D eigenvalue weighted by Gasteiger charge is -2.13. The summed E-state index contributed by atoms with van der Waals surface area (Å²) in [7, 11) is 0. The van der Waals surface area contributed by atoms with Crippen molar-refractivity contribution in [1.82, 2.24) is 10.6 Å². The number of nitrogens with one attached hydrogen (secondary N) is 2. The standard InChI is InChI=1S/C32H50N8O2/c33-31(34)39-27(23-25-17-11-9-12-18-25)29(41)37-21-15-7-5-3-1-2-4-6-8-16-22-38-30(42)28(40-32(35)36)24-26-19-13-10-14-20-26/h9-14,17-20,27-28H,1-8,15-16,21-24H2,(H,37,41)(H,38,42)(H4,33,34,39)(H4,35,36,40)/t27-,28-/m0/s1. The fourth-order valence-corrected chi connectivity index (χ4v) is 4.75. The molecular formula is C32H50N8O2. The molecule has 0 spiro atoms. The van der Waals surface area contributed by atoms with Crippen LogP contribution in [0.1, 0.15) is 75.3 Å². The number of unbranched alkanes of at least 4 members (excludes halogenated alkanes) is 9. The molecule has 0 aromatic heterocycles. The van der Waals surface area contributed by atoms with E-state index in [4.69, 9.17) is 22.9 Å². The van der Waals surface area contributed by atoms with E-state index in [0.29, 0.717) is 25.9 Å². The summed E-state index contributed by atoms with van der Waals surface area (Å²) in [5, 5.41) is 5.95. The monoisotopic (exact) mass is 578 g/mol. The largest absolute Gasteiger partial charge is 0.370 e. The maximum absolute atomic E-state index is 12.6. The van der Waals surface area contributed by atoms with Crippen LogP contribution in [0.2, 0.25) is 0 Å². The molecule has 2 rings (SSSR count). The lowest BCUT2D eigenvalue weighted by atomic mass is 10.0. The van der Waals surface area contributed by atoms with E-state index < -0.39 is 12.1 Å². The van der Waals surface area contributed by atoms with Gasteiger partial charge in [-0.3, -0.25) is 9.59 Å². The van der Waals surface area contributed by atoms with Gasteiger partial charge in [0, 0.05) is 25.9 Å². The number of carbonyl (C=O) groups excluding carboxylic acids is 2. The number of hydrogen-bond donors (Lipinski definition) is 6. The minimum absolute atomic E-state index is 0.0787. The number of carbonyl (C=O) groups is 2. The Morgan fingerprint density at radius 2 is 0.833 bits per heavy atom. The molecule has 42 heavy (non-hydrogen) atoms. The Bertz CT molecular complexity index is 997. The Hall–Kier alpha value is -4.08.